The molecule has 1 rings (SSSR count). The van der Waals surface area contributed by atoms with Gasteiger partial charge in [0.05, 0.1) is 5.02 Å². The van der Waals surface area contributed by atoms with Gasteiger partial charge < -0.3 is 0 Å². The van der Waals surface area contributed by atoms with Gasteiger partial charge in [0.1, 0.15) is 0 Å². The molecule has 0 aliphatic heterocycles. The average molecular weight is 288 g/mol. The summed E-state index contributed by atoms with van der Waals surface area (Å²) in [5, 5.41) is 0.131. The highest BCUT2D eigenvalue weighted by Crippen LogP contribution is 2.27. The summed E-state index contributed by atoms with van der Waals surface area (Å²) in [5.41, 5.74) is -0.105. The highest BCUT2D eigenvalue weighted by molar-refractivity contribution is 14.1. The topological polar surface area (TPSA) is 0 Å². The van der Waals surface area contributed by atoms with Crippen molar-refractivity contribution >= 4 is 34.2 Å². The van der Waals surface area contributed by atoms with Gasteiger partial charge in [-0.2, -0.15) is 0 Å². The highest BCUT2D eigenvalue weighted by atomic mass is 127. The number of hydrogen-bond acceptors (Lipinski definition) is 0. The van der Waals surface area contributed by atoms with Crippen LogP contribution in [0.15, 0.2) is 18.2 Å². The Bertz CT molecular complexity index is 263. The van der Waals surface area contributed by atoms with E-state index < -0.39 is 6.43 Å². The standard InChI is InChI=1S/C7H4ClF2I/c8-6-3-4(11)1-2-5(6)7(9)10/h1-3,7H. The molecular weight excluding hydrogens is 284 g/mol. The Morgan fingerprint density at radius 1 is 1.36 bits per heavy atom. The quantitative estimate of drug-likeness (QED) is 0.688. The Balaban J connectivity index is 3.09. The molecule has 0 N–H and O–H groups in total. The lowest BCUT2D eigenvalue weighted by atomic mass is 10.2. The van der Waals surface area contributed by atoms with Crippen LogP contribution in [0.1, 0.15) is 12.0 Å². The van der Waals surface area contributed by atoms with E-state index in [0.29, 0.717) is 0 Å². The minimum atomic E-state index is -2.49. The summed E-state index contributed by atoms with van der Waals surface area (Å²) < 4.78 is 25.0. The minimum Gasteiger partial charge on any atom is -0.205 e. The summed E-state index contributed by atoms with van der Waals surface area (Å²) in [6.07, 6.45) is -2.49. The monoisotopic (exact) mass is 288 g/mol. The van der Waals surface area contributed by atoms with Crippen LogP contribution < -0.4 is 0 Å². The number of rotatable bonds is 1. The van der Waals surface area contributed by atoms with Gasteiger partial charge in [-0.25, -0.2) is 8.78 Å². The van der Waals surface area contributed by atoms with E-state index in [1.807, 2.05) is 22.6 Å². The maximum atomic E-state index is 12.1. The lowest BCUT2D eigenvalue weighted by molar-refractivity contribution is 0.151. The molecule has 4 heteroatoms. The van der Waals surface area contributed by atoms with Gasteiger partial charge in [0.25, 0.3) is 6.43 Å². The fraction of sp³-hybridized carbons (Fsp3) is 0.143. The molecule has 1 aromatic carbocycles. The van der Waals surface area contributed by atoms with Crippen LogP contribution in [-0.4, -0.2) is 0 Å². The van der Waals surface area contributed by atoms with Gasteiger partial charge in [-0.1, -0.05) is 17.7 Å². The van der Waals surface area contributed by atoms with Gasteiger partial charge in [-0.05, 0) is 34.7 Å². The molecule has 0 unspecified atom stereocenters. The SMILES string of the molecule is FC(F)c1ccc(I)cc1Cl. The molecule has 60 valence electrons. The van der Waals surface area contributed by atoms with Crippen LogP contribution in [0.2, 0.25) is 5.02 Å². The zero-order valence-corrected chi connectivity index (χ0v) is 8.23. The van der Waals surface area contributed by atoms with Crippen molar-refractivity contribution in [2.45, 2.75) is 6.43 Å². The fourth-order valence-corrected chi connectivity index (χ4v) is 1.62. The van der Waals surface area contributed by atoms with Crippen LogP contribution in [0.3, 0.4) is 0 Å². The maximum absolute atomic E-state index is 12.1. The number of halogens is 4. The molecule has 0 heterocycles. The van der Waals surface area contributed by atoms with E-state index in [1.54, 1.807) is 6.07 Å². The van der Waals surface area contributed by atoms with Crippen molar-refractivity contribution in [2.24, 2.45) is 0 Å². The molecule has 0 aliphatic carbocycles. The molecule has 0 radical (unpaired) electrons. The molecule has 1 aromatic rings. The minimum absolute atomic E-state index is 0.105. The number of benzene rings is 1. The van der Waals surface area contributed by atoms with Crippen molar-refractivity contribution in [3.63, 3.8) is 0 Å². The lowest BCUT2D eigenvalue weighted by Crippen LogP contribution is -1.85. The lowest BCUT2D eigenvalue weighted by Gasteiger charge is -2.01. The zero-order chi connectivity index (χ0) is 8.43. The third-order valence-electron chi connectivity index (χ3n) is 1.20. The molecule has 0 bridgehead atoms. The van der Waals surface area contributed by atoms with Crippen LogP contribution in [0.5, 0.6) is 0 Å². The largest absolute Gasteiger partial charge is 0.265 e. The van der Waals surface area contributed by atoms with Crippen LogP contribution in [0.25, 0.3) is 0 Å². The summed E-state index contributed by atoms with van der Waals surface area (Å²) in [6, 6.07) is 4.46. The second kappa shape index (κ2) is 3.67. The van der Waals surface area contributed by atoms with Gasteiger partial charge >= 0.3 is 0 Å². The Labute approximate surface area is 81.7 Å². The van der Waals surface area contributed by atoms with E-state index >= 15 is 0 Å². The second-order valence-electron chi connectivity index (χ2n) is 1.97. The molecule has 0 fully saturated rings. The normalized spacial score (nSPS) is 10.6. The Kier molecular flexibility index (Phi) is 3.06. The second-order valence-corrected chi connectivity index (χ2v) is 3.62. The van der Waals surface area contributed by atoms with Crippen LogP contribution in [-0.2, 0) is 0 Å². The number of hydrogen-bond donors (Lipinski definition) is 0. The third-order valence-corrected chi connectivity index (χ3v) is 2.20. The van der Waals surface area contributed by atoms with Crippen molar-refractivity contribution in [1.82, 2.24) is 0 Å². The van der Waals surface area contributed by atoms with E-state index in [9.17, 15) is 8.78 Å². The first-order valence-corrected chi connectivity index (χ1v) is 4.30. The van der Waals surface area contributed by atoms with Gasteiger partial charge in [0, 0.05) is 9.13 Å². The molecule has 0 aliphatic rings. The van der Waals surface area contributed by atoms with Gasteiger partial charge in [-0.3, -0.25) is 0 Å². The third kappa shape index (κ3) is 2.27. The summed E-state index contributed by atoms with van der Waals surface area (Å²) >= 11 is 7.56. The molecule has 0 saturated heterocycles. The summed E-state index contributed by atoms with van der Waals surface area (Å²) in [5.74, 6) is 0. The van der Waals surface area contributed by atoms with Gasteiger partial charge in [0.15, 0.2) is 0 Å². The predicted molar refractivity (Wildman–Crippen MR) is 49.1 cm³/mol. The van der Waals surface area contributed by atoms with Crippen LogP contribution in [0.4, 0.5) is 8.78 Å². The Morgan fingerprint density at radius 2 is 2.00 bits per heavy atom. The fourth-order valence-electron chi connectivity index (χ4n) is 0.678. The summed E-state index contributed by atoms with van der Waals surface area (Å²) in [6.45, 7) is 0. The molecule has 0 saturated carbocycles. The Morgan fingerprint density at radius 3 is 2.45 bits per heavy atom. The highest BCUT2D eigenvalue weighted by Gasteiger charge is 2.10. The molecule has 0 amide bonds. The first-order valence-electron chi connectivity index (χ1n) is 2.84. The molecular formula is C7H4ClF2I. The van der Waals surface area contributed by atoms with Crippen molar-refractivity contribution in [2.75, 3.05) is 0 Å². The molecule has 11 heavy (non-hydrogen) atoms. The first-order chi connectivity index (χ1) is 5.11. The van der Waals surface area contributed by atoms with Gasteiger partial charge in [-0.15, -0.1) is 0 Å². The van der Waals surface area contributed by atoms with E-state index in [1.165, 1.54) is 12.1 Å². The van der Waals surface area contributed by atoms with Crippen LogP contribution >= 0.6 is 34.2 Å². The zero-order valence-electron chi connectivity index (χ0n) is 5.32. The van der Waals surface area contributed by atoms with Crippen molar-refractivity contribution in [3.8, 4) is 0 Å². The van der Waals surface area contributed by atoms with Crippen molar-refractivity contribution in [1.29, 1.82) is 0 Å². The van der Waals surface area contributed by atoms with E-state index in [4.69, 9.17) is 11.6 Å². The van der Waals surface area contributed by atoms with E-state index in [2.05, 4.69) is 0 Å². The molecule has 0 nitrogen and oxygen atoms in total. The summed E-state index contributed by atoms with van der Waals surface area (Å²) in [7, 11) is 0. The van der Waals surface area contributed by atoms with E-state index in [-0.39, 0.29) is 10.6 Å². The number of alkyl halides is 2. The Hall–Kier alpha value is 0.1000. The molecule has 0 spiro atoms. The molecule has 0 aromatic heterocycles. The average Bonchev–Trinajstić information content (AvgIpc) is 1.85. The molecule has 0 atom stereocenters. The smallest absolute Gasteiger partial charge is 0.205 e. The van der Waals surface area contributed by atoms with Gasteiger partial charge in [0.2, 0.25) is 0 Å². The predicted octanol–water partition coefficient (Wildman–Crippen LogP) is 3.88. The van der Waals surface area contributed by atoms with E-state index in [0.717, 1.165) is 3.57 Å². The van der Waals surface area contributed by atoms with Crippen molar-refractivity contribution < 1.29 is 8.78 Å². The van der Waals surface area contributed by atoms with Crippen LogP contribution in [0, 0.1) is 3.57 Å². The summed E-state index contributed by atoms with van der Waals surface area (Å²) in [4.78, 5) is 0. The van der Waals surface area contributed by atoms with Crippen molar-refractivity contribution in [3.05, 3.63) is 32.4 Å². The maximum Gasteiger partial charge on any atom is 0.265 e. The first kappa shape index (κ1) is 9.19.